The van der Waals surface area contributed by atoms with E-state index in [2.05, 4.69) is 0 Å². The molecule has 0 aromatic heterocycles. The van der Waals surface area contributed by atoms with Crippen LogP contribution in [-0.4, -0.2) is 42.5 Å². The molecule has 1 atom stereocenters. The molecule has 6 heteroatoms. The Morgan fingerprint density at radius 1 is 1.08 bits per heavy atom. The summed E-state index contributed by atoms with van der Waals surface area (Å²) in [5, 5.41) is 0. The third-order valence-electron chi connectivity index (χ3n) is 3.76. The molecule has 0 saturated carbocycles. The number of para-hydroxylation sites is 2. The Hall–Kier alpha value is -2.86. The van der Waals surface area contributed by atoms with Gasteiger partial charge in [0.15, 0.2) is 6.10 Å². The van der Waals surface area contributed by atoms with Crippen molar-refractivity contribution in [2.45, 2.75) is 6.10 Å². The van der Waals surface area contributed by atoms with Crippen LogP contribution in [-0.2, 0) is 9.53 Å². The fourth-order valence-corrected chi connectivity index (χ4v) is 2.52. The van der Waals surface area contributed by atoms with E-state index in [1.54, 1.807) is 29.2 Å². The quantitative estimate of drug-likeness (QED) is 0.929. The molecule has 2 N–H and O–H groups in total. The van der Waals surface area contributed by atoms with E-state index in [1.807, 2.05) is 30.3 Å². The summed E-state index contributed by atoms with van der Waals surface area (Å²) in [6, 6.07) is 16.3. The predicted molar refractivity (Wildman–Crippen MR) is 87.8 cm³/mol. The first-order valence-electron chi connectivity index (χ1n) is 7.67. The van der Waals surface area contributed by atoms with Gasteiger partial charge in [0.2, 0.25) is 5.91 Å². The van der Waals surface area contributed by atoms with Crippen LogP contribution in [0.1, 0.15) is 10.4 Å². The highest BCUT2D eigenvalue weighted by atomic mass is 16.5. The Morgan fingerprint density at radius 3 is 2.54 bits per heavy atom. The van der Waals surface area contributed by atoms with E-state index < -0.39 is 12.0 Å². The number of carbonyl (C=O) groups is 2. The number of hydrogen-bond donors (Lipinski definition) is 1. The first kappa shape index (κ1) is 16.0. The lowest BCUT2D eigenvalue weighted by atomic mass is 10.1. The summed E-state index contributed by atoms with van der Waals surface area (Å²) in [6.07, 6.45) is -0.773. The summed E-state index contributed by atoms with van der Waals surface area (Å²) in [6.45, 7) is 0.831. The van der Waals surface area contributed by atoms with Gasteiger partial charge in [0.25, 0.3) is 5.91 Å². The van der Waals surface area contributed by atoms with Crippen LogP contribution in [0.15, 0.2) is 54.6 Å². The van der Waals surface area contributed by atoms with E-state index in [1.165, 1.54) is 0 Å². The standard InChI is InChI=1S/C18H18N2O4/c19-17(21)16-12-20(10-11-23-16)18(22)14-8-4-5-9-15(14)24-13-6-2-1-3-7-13/h1-9,16H,10-12H2,(H2,19,21)/t16-/m1/s1. The van der Waals surface area contributed by atoms with Gasteiger partial charge in [-0.15, -0.1) is 0 Å². The zero-order chi connectivity index (χ0) is 16.9. The highest BCUT2D eigenvalue weighted by Gasteiger charge is 2.29. The third-order valence-corrected chi connectivity index (χ3v) is 3.76. The molecule has 1 aliphatic heterocycles. The minimum absolute atomic E-state index is 0.147. The topological polar surface area (TPSA) is 81.9 Å². The molecule has 2 amide bonds. The Bertz CT molecular complexity index is 733. The van der Waals surface area contributed by atoms with Gasteiger partial charge in [0.05, 0.1) is 18.7 Å². The maximum atomic E-state index is 12.8. The Morgan fingerprint density at radius 2 is 1.79 bits per heavy atom. The Kier molecular flexibility index (Phi) is 4.77. The molecule has 1 fully saturated rings. The van der Waals surface area contributed by atoms with Gasteiger partial charge in [-0.2, -0.15) is 0 Å². The lowest BCUT2D eigenvalue weighted by molar-refractivity contribution is -0.133. The van der Waals surface area contributed by atoms with E-state index in [0.717, 1.165) is 0 Å². The fraction of sp³-hybridized carbons (Fsp3) is 0.222. The van der Waals surface area contributed by atoms with E-state index in [9.17, 15) is 9.59 Å². The number of rotatable bonds is 4. The number of nitrogens with zero attached hydrogens (tertiary/aromatic N) is 1. The van der Waals surface area contributed by atoms with Crippen LogP contribution in [0.2, 0.25) is 0 Å². The van der Waals surface area contributed by atoms with Crippen molar-refractivity contribution < 1.29 is 19.1 Å². The maximum Gasteiger partial charge on any atom is 0.257 e. The zero-order valence-corrected chi connectivity index (χ0v) is 13.1. The molecule has 0 bridgehead atoms. The highest BCUT2D eigenvalue weighted by molar-refractivity contribution is 5.97. The molecule has 0 aliphatic carbocycles. The molecule has 0 radical (unpaired) electrons. The molecule has 3 rings (SSSR count). The molecule has 124 valence electrons. The average molecular weight is 326 g/mol. The zero-order valence-electron chi connectivity index (χ0n) is 13.1. The number of morpholine rings is 1. The van der Waals surface area contributed by atoms with Gasteiger partial charge in [-0.05, 0) is 24.3 Å². The molecule has 0 unspecified atom stereocenters. The van der Waals surface area contributed by atoms with Crippen LogP contribution >= 0.6 is 0 Å². The predicted octanol–water partition coefficient (Wildman–Crippen LogP) is 1.81. The molecule has 1 aliphatic rings. The second-order valence-corrected chi connectivity index (χ2v) is 5.42. The monoisotopic (exact) mass is 326 g/mol. The molecule has 2 aromatic rings. The number of primary amides is 1. The van der Waals surface area contributed by atoms with E-state index >= 15 is 0 Å². The molecular weight excluding hydrogens is 308 g/mol. The molecule has 0 spiro atoms. The van der Waals surface area contributed by atoms with Crippen LogP contribution in [0.5, 0.6) is 11.5 Å². The number of ether oxygens (including phenoxy) is 2. The second kappa shape index (κ2) is 7.14. The molecule has 24 heavy (non-hydrogen) atoms. The third kappa shape index (κ3) is 3.55. The summed E-state index contributed by atoms with van der Waals surface area (Å²) in [4.78, 5) is 25.7. The minimum Gasteiger partial charge on any atom is -0.457 e. The van der Waals surface area contributed by atoms with Gasteiger partial charge in [-0.1, -0.05) is 30.3 Å². The minimum atomic E-state index is -0.773. The number of hydrogen-bond acceptors (Lipinski definition) is 4. The lowest BCUT2D eigenvalue weighted by Gasteiger charge is -2.31. The molecule has 1 saturated heterocycles. The van der Waals surface area contributed by atoms with Crippen LogP contribution in [0.4, 0.5) is 0 Å². The Labute approximate surface area is 139 Å². The van der Waals surface area contributed by atoms with Crippen molar-refractivity contribution in [1.29, 1.82) is 0 Å². The number of benzene rings is 2. The summed E-state index contributed by atoms with van der Waals surface area (Å²) < 4.78 is 11.1. The summed E-state index contributed by atoms with van der Waals surface area (Å²) in [5.74, 6) is 0.336. The van der Waals surface area contributed by atoms with Gasteiger partial charge in [-0.25, -0.2) is 0 Å². The first-order valence-corrected chi connectivity index (χ1v) is 7.67. The largest absolute Gasteiger partial charge is 0.457 e. The van der Waals surface area contributed by atoms with Gasteiger partial charge < -0.3 is 20.1 Å². The fourth-order valence-electron chi connectivity index (χ4n) is 2.52. The summed E-state index contributed by atoms with van der Waals surface area (Å²) in [7, 11) is 0. The van der Waals surface area contributed by atoms with Crippen molar-refractivity contribution in [2.75, 3.05) is 19.7 Å². The molecule has 1 heterocycles. The van der Waals surface area contributed by atoms with E-state index in [-0.39, 0.29) is 19.1 Å². The van der Waals surface area contributed by atoms with Crippen molar-refractivity contribution in [3.8, 4) is 11.5 Å². The van der Waals surface area contributed by atoms with E-state index in [0.29, 0.717) is 23.6 Å². The lowest BCUT2D eigenvalue weighted by Crippen LogP contribution is -2.50. The van der Waals surface area contributed by atoms with E-state index in [4.69, 9.17) is 15.2 Å². The van der Waals surface area contributed by atoms with Crippen molar-refractivity contribution in [3.63, 3.8) is 0 Å². The van der Waals surface area contributed by atoms with Gasteiger partial charge >= 0.3 is 0 Å². The highest BCUT2D eigenvalue weighted by Crippen LogP contribution is 2.26. The summed E-state index contributed by atoms with van der Waals surface area (Å²) in [5.41, 5.74) is 5.71. The number of amides is 2. The molecule has 2 aromatic carbocycles. The van der Waals surface area contributed by atoms with Crippen LogP contribution < -0.4 is 10.5 Å². The van der Waals surface area contributed by atoms with Crippen molar-refractivity contribution in [1.82, 2.24) is 4.90 Å². The van der Waals surface area contributed by atoms with Crippen molar-refractivity contribution in [3.05, 3.63) is 60.2 Å². The maximum absolute atomic E-state index is 12.8. The van der Waals surface area contributed by atoms with Crippen molar-refractivity contribution >= 4 is 11.8 Å². The van der Waals surface area contributed by atoms with Crippen LogP contribution in [0.25, 0.3) is 0 Å². The Balaban J connectivity index is 1.81. The average Bonchev–Trinajstić information content (AvgIpc) is 2.62. The first-order chi connectivity index (χ1) is 11.6. The van der Waals surface area contributed by atoms with Gasteiger partial charge in [-0.3, -0.25) is 9.59 Å². The van der Waals surface area contributed by atoms with Crippen LogP contribution in [0.3, 0.4) is 0 Å². The molecular formula is C18H18N2O4. The van der Waals surface area contributed by atoms with Gasteiger partial charge in [0.1, 0.15) is 11.5 Å². The normalized spacial score (nSPS) is 17.3. The SMILES string of the molecule is NC(=O)[C@H]1CN(C(=O)c2ccccc2Oc2ccccc2)CCO1. The number of nitrogens with two attached hydrogens (primary N) is 1. The number of carbonyl (C=O) groups excluding carboxylic acids is 2. The smallest absolute Gasteiger partial charge is 0.257 e. The second-order valence-electron chi connectivity index (χ2n) is 5.42. The summed E-state index contributed by atoms with van der Waals surface area (Å²) >= 11 is 0. The van der Waals surface area contributed by atoms with Crippen molar-refractivity contribution in [2.24, 2.45) is 5.73 Å². The van der Waals surface area contributed by atoms with Crippen LogP contribution in [0, 0.1) is 0 Å². The van der Waals surface area contributed by atoms with Gasteiger partial charge in [0, 0.05) is 6.54 Å². The molecule has 6 nitrogen and oxygen atoms in total.